The molecule has 1 aliphatic carbocycles. The van der Waals surface area contributed by atoms with Crippen LogP contribution in [0, 0.1) is 0 Å². The zero-order valence-electron chi connectivity index (χ0n) is 11.0. The van der Waals surface area contributed by atoms with Crippen molar-refractivity contribution >= 4 is 11.3 Å². The molecule has 1 fully saturated rings. The predicted molar refractivity (Wildman–Crippen MR) is 81.4 cm³/mol. The summed E-state index contributed by atoms with van der Waals surface area (Å²) in [5.41, 5.74) is 8.73. The molecule has 1 aromatic heterocycles. The molecule has 1 unspecified atom stereocenters. The van der Waals surface area contributed by atoms with Gasteiger partial charge in [0.1, 0.15) is 0 Å². The number of nitrogens with one attached hydrogen (secondary N) is 1. The summed E-state index contributed by atoms with van der Waals surface area (Å²) in [5, 5.41) is 5.67. The molecule has 1 atom stereocenters. The van der Waals surface area contributed by atoms with Gasteiger partial charge in [-0.3, -0.25) is 0 Å². The highest BCUT2D eigenvalue weighted by Gasteiger charge is 2.24. The topological polar surface area (TPSA) is 38.0 Å². The highest BCUT2D eigenvalue weighted by Crippen LogP contribution is 2.40. The summed E-state index contributed by atoms with van der Waals surface area (Å²) in [4.78, 5) is 1.36. The molecule has 0 aliphatic heterocycles. The van der Waals surface area contributed by atoms with Crippen molar-refractivity contribution in [1.82, 2.24) is 5.32 Å². The van der Waals surface area contributed by atoms with E-state index in [4.69, 9.17) is 5.73 Å². The Morgan fingerprint density at radius 2 is 2.16 bits per heavy atom. The summed E-state index contributed by atoms with van der Waals surface area (Å²) in [5.74, 6) is 0.802. The van der Waals surface area contributed by atoms with E-state index in [1.807, 2.05) is 0 Å². The van der Waals surface area contributed by atoms with Crippen LogP contribution >= 0.6 is 11.3 Å². The number of nitrogens with two attached hydrogens (primary N) is 1. The van der Waals surface area contributed by atoms with E-state index < -0.39 is 0 Å². The van der Waals surface area contributed by atoms with Crippen LogP contribution < -0.4 is 11.1 Å². The maximum atomic E-state index is 5.93. The molecule has 2 aromatic rings. The molecule has 1 heterocycles. The Bertz CT molecular complexity index is 517. The fourth-order valence-electron chi connectivity index (χ4n) is 2.42. The van der Waals surface area contributed by atoms with Crippen molar-refractivity contribution in [3.8, 4) is 0 Å². The molecular weight excluding hydrogens is 252 g/mol. The second kappa shape index (κ2) is 5.87. The molecule has 0 amide bonds. The van der Waals surface area contributed by atoms with E-state index in [-0.39, 0.29) is 6.04 Å². The lowest BCUT2D eigenvalue weighted by molar-refractivity contribution is 0.545. The Labute approximate surface area is 118 Å². The second-order valence-electron chi connectivity index (χ2n) is 5.19. The standard InChI is InChI=1S/C16H20N2S/c17-10-16(18-11-15-5-2-8-19-15)14-4-1-3-13(9-14)12-6-7-12/h1-5,8-9,12,16,18H,6-7,10-11,17H2. The monoisotopic (exact) mass is 272 g/mol. The third-order valence-corrected chi connectivity index (χ3v) is 4.58. The quantitative estimate of drug-likeness (QED) is 0.845. The van der Waals surface area contributed by atoms with Gasteiger partial charge in [-0.25, -0.2) is 0 Å². The summed E-state index contributed by atoms with van der Waals surface area (Å²) in [7, 11) is 0. The molecule has 3 N–H and O–H groups in total. The average Bonchev–Trinajstić information content (AvgIpc) is 3.18. The van der Waals surface area contributed by atoms with Gasteiger partial charge in [-0.2, -0.15) is 0 Å². The number of rotatable bonds is 6. The number of hydrogen-bond acceptors (Lipinski definition) is 3. The fraction of sp³-hybridized carbons (Fsp3) is 0.375. The van der Waals surface area contributed by atoms with Crippen LogP contribution in [-0.4, -0.2) is 6.54 Å². The van der Waals surface area contributed by atoms with Crippen LogP contribution in [0.25, 0.3) is 0 Å². The molecule has 1 aromatic carbocycles. The minimum atomic E-state index is 0.251. The van der Waals surface area contributed by atoms with Crippen LogP contribution in [0.2, 0.25) is 0 Å². The van der Waals surface area contributed by atoms with Gasteiger partial charge in [0.05, 0.1) is 0 Å². The van der Waals surface area contributed by atoms with Crippen LogP contribution in [0.1, 0.15) is 40.8 Å². The second-order valence-corrected chi connectivity index (χ2v) is 6.23. The molecule has 3 rings (SSSR count). The maximum Gasteiger partial charge on any atom is 0.0447 e. The van der Waals surface area contributed by atoms with Crippen molar-refractivity contribution in [2.24, 2.45) is 5.73 Å². The van der Waals surface area contributed by atoms with Gasteiger partial charge >= 0.3 is 0 Å². The largest absolute Gasteiger partial charge is 0.329 e. The molecule has 0 saturated heterocycles. The van der Waals surface area contributed by atoms with Crippen molar-refractivity contribution in [3.63, 3.8) is 0 Å². The minimum Gasteiger partial charge on any atom is -0.329 e. The van der Waals surface area contributed by atoms with Gasteiger partial charge in [-0.05, 0) is 41.3 Å². The lowest BCUT2D eigenvalue weighted by Gasteiger charge is -2.17. The zero-order chi connectivity index (χ0) is 13.1. The summed E-state index contributed by atoms with van der Waals surface area (Å²) >= 11 is 1.79. The van der Waals surface area contributed by atoms with E-state index in [0.717, 1.165) is 12.5 Å². The Morgan fingerprint density at radius 3 is 2.84 bits per heavy atom. The molecule has 1 aliphatic rings. The van der Waals surface area contributed by atoms with Gasteiger partial charge in [-0.15, -0.1) is 11.3 Å². The first-order valence-corrected chi connectivity index (χ1v) is 7.80. The van der Waals surface area contributed by atoms with Gasteiger partial charge in [0.15, 0.2) is 0 Å². The normalized spacial score (nSPS) is 16.5. The van der Waals surface area contributed by atoms with E-state index in [1.165, 1.54) is 28.8 Å². The van der Waals surface area contributed by atoms with E-state index in [1.54, 1.807) is 11.3 Å². The first-order chi connectivity index (χ1) is 9.36. The average molecular weight is 272 g/mol. The summed E-state index contributed by atoms with van der Waals surface area (Å²) in [6.45, 7) is 1.53. The fourth-order valence-corrected chi connectivity index (χ4v) is 3.08. The van der Waals surface area contributed by atoms with E-state index in [2.05, 4.69) is 47.1 Å². The molecule has 0 radical (unpaired) electrons. The lowest BCUT2D eigenvalue weighted by Crippen LogP contribution is -2.27. The van der Waals surface area contributed by atoms with Crippen molar-refractivity contribution in [3.05, 3.63) is 57.8 Å². The first-order valence-electron chi connectivity index (χ1n) is 6.92. The molecule has 1 saturated carbocycles. The zero-order valence-corrected chi connectivity index (χ0v) is 11.8. The van der Waals surface area contributed by atoms with Crippen molar-refractivity contribution in [1.29, 1.82) is 0 Å². The lowest BCUT2D eigenvalue weighted by atomic mass is 10.0. The Balaban J connectivity index is 1.68. The Kier molecular flexibility index (Phi) is 3.97. The Morgan fingerprint density at radius 1 is 1.26 bits per heavy atom. The summed E-state index contributed by atoms with van der Waals surface area (Å²) in [6, 6.07) is 13.4. The molecule has 2 nitrogen and oxygen atoms in total. The third kappa shape index (κ3) is 3.24. The molecule has 100 valence electrons. The summed E-state index contributed by atoms with van der Waals surface area (Å²) in [6.07, 6.45) is 2.69. The Hall–Kier alpha value is -1.16. The van der Waals surface area contributed by atoms with Crippen molar-refractivity contribution < 1.29 is 0 Å². The van der Waals surface area contributed by atoms with Crippen LogP contribution in [0.4, 0.5) is 0 Å². The number of benzene rings is 1. The van der Waals surface area contributed by atoms with Crippen LogP contribution in [0.3, 0.4) is 0 Å². The summed E-state index contributed by atoms with van der Waals surface area (Å²) < 4.78 is 0. The van der Waals surface area contributed by atoms with Gasteiger partial charge < -0.3 is 11.1 Å². The molecule has 0 bridgehead atoms. The van der Waals surface area contributed by atoms with Gasteiger partial charge in [0.2, 0.25) is 0 Å². The van der Waals surface area contributed by atoms with Crippen LogP contribution in [0.15, 0.2) is 41.8 Å². The predicted octanol–water partition coefficient (Wildman–Crippen LogP) is 3.42. The smallest absolute Gasteiger partial charge is 0.0447 e. The number of thiophene rings is 1. The first kappa shape index (κ1) is 12.9. The molecule has 0 spiro atoms. The van der Waals surface area contributed by atoms with Gasteiger partial charge in [0, 0.05) is 24.0 Å². The number of hydrogen-bond donors (Lipinski definition) is 2. The molecule has 19 heavy (non-hydrogen) atoms. The van der Waals surface area contributed by atoms with E-state index in [9.17, 15) is 0 Å². The van der Waals surface area contributed by atoms with Crippen molar-refractivity contribution in [2.75, 3.05) is 6.54 Å². The maximum absolute atomic E-state index is 5.93. The van der Waals surface area contributed by atoms with Crippen LogP contribution in [-0.2, 0) is 6.54 Å². The highest BCUT2D eigenvalue weighted by molar-refractivity contribution is 7.09. The van der Waals surface area contributed by atoms with Gasteiger partial charge in [-0.1, -0.05) is 30.3 Å². The molecular formula is C16H20N2S. The molecule has 3 heteroatoms. The van der Waals surface area contributed by atoms with Crippen molar-refractivity contribution in [2.45, 2.75) is 31.3 Å². The third-order valence-electron chi connectivity index (χ3n) is 3.70. The minimum absolute atomic E-state index is 0.251. The SMILES string of the molecule is NCC(NCc1cccs1)c1cccc(C2CC2)c1. The van der Waals surface area contributed by atoms with Crippen LogP contribution in [0.5, 0.6) is 0 Å². The highest BCUT2D eigenvalue weighted by atomic mass is 32.1. The van der Waals surface area contributed by atoms with Gasteiger partial charge in [0.25, 0.3) is 0 Å². The van der Waals surface area contributed by atoms with E-state index >= 15 is 0 Å². The van der Waals surface area contributed by atoms with E-state index in [0.29, 0.717) is 6.54 Å².